The topological polar surface area (TPSA) is 70.9 Å². The number of esters is 1. The van der Waals surface area contributed by atoms with Crippen molar-refractivity contribution in [1.82, 2.24) is 5.32 Å². The number of nitrogens with one attached hydrogen (secondary N) is 1. The molecule has 0 fully saturated rings. The summed E-state index contributed by atoms with van der Waals surface area (Å²) in [5.74, 6) is -0.136. The summed E-state index contributed by atoms with van der Waals surface area (Å²) in [5, 5.41) is 14.6. The molecule has 1 aliphatic rings. The molecule has 3 aromatic carbocycles. The molecule has 0 spiro atoms. The van der Waals surface area contributed by atoms with E-state index in [2.05, 4.69) is 5.32 Å². The van der Waals surface area contributed by atoms with E-state index in [0.29, 0.717) is 17.0 Å². The van der Waals surface area contributed by atoms with Crippen molar-refractivity contribution < 1.29 is 14.6 Å². The number of hydrogen-bond donors (Lipinski definition) is 2. The number of rotatable bonds is 4. The summed E-state index contributed by atoms with van der Waals surface area (Å²) in [6.07, 6.45) is 0.288. The van der Waals surface area contributed by atoms with Crippen molar-refractivity contribution >= 4 is 23.3 Å². The van der Waals surface area contributed by atoms with Gasteiger partial charge in [0.1, 0.15) is 11.9 Å². The van der Waals surface area contributed by atoms with Gasteiger partial charge in [0.15, 0.2) is 0 Å². The van der Waals surface area contributed by atoms with E-state index in [9.17, 15) is 9.90 Å². The van der Waals surface area contributed by atoms with Gasteiger partial charge in [-0.2, -0.15) is 0 Å². The highest BCUT2D eigenvalue weighted by Crippen LogP contribution is 2.34. The molecule has 1 heterocycles. The van der Waals surface area contributed by atoms with E-state index in [4.69, 9.17) is 21.3 Å². The molecule has 5 nitrogen and oxygen atoms in total. The maximum Gasteiger partial charge on any atom is 0.337 e. The molecule has 0 aromatic heterocycles. The van der Waals surface area contributed by atoms with E-state index in [1.54, 1.807) is 24.3 Å². The second-order valence-corrected chi connectivity index (χ2v) is 7.52. The fourth-order valence-electron chi connectivity index (χ4n) is 3.60. The molecular formula is C24H21ClN2O3. The van der Waals surface area contributed by atoms with Gasteiger partial charge in [-0.1, -0.05) is 54.1 Å². The van der Waals surface area contributed by atoms with E-state index in [-0.39, 0.29) is 23.9 Å². The van der Waals surface area contributed by atoms with Crippen molar-refractivity contribution in [2.75, 3.05) is 7.11 Å². The van der Waals surface area contributed by atoms with Gasteiger partial charge < -0.3 is 9.84 Å². The minimum absolute atomic E-state index is 0.125. The lowest BCUT2D eigenvalue weighted by Crippen LogP contribution is -2.33. The molecule has 0 unspecified atom stereocenters. The molecule has 3 aromatic rings. The molecule has 0 radical (unpaired) electrons. The lowest BCUT2D eigenvalue weighted by Gasteiger charge is -2.31. The number of methoxy groups -OCH3 is 1. The smallest absolute Gasteiger partial charge is 0.337 e. The first-order chi connectivity index (χ1) is 14.5. The number of phenolic OH excluding ortho intramolecular Hbond substituents is 1. The van der Waals surface area contributed by atoms with Crippen molar-refractivity contribution in [1.29, 1.82) is 0 Å². The summed E-state index contributed by atoms with van der Waals surface area (Å²) in [6, 6.07) is 21.9. The molecule has 6 heteroatoms. The van der Waals surface area contributed by atoms with Crippen LogP contribution in [0.1, 0.15) is 45.7 Å². The lowest BCUT2D eigenvalue weighted by atomic mass is 9.93. The van der Waals surface area contributed by atoms with Crippen molar-refractivity contribution in [2.45, 2.75) is 18.6 Å². The predicted molar refractivity (Wildman–Crippen MR) is 117 cm³/mol. The average Bonchev–Trinajstić information content (AvgIpc) is 2.79. The first kappa shape index (κ1) is 20.1. The Bertz CT molecular complexity index is 1080. The van der Waals surface area contributed by atoms with Crippen LogP contribution in [-0.4, -0.2) is 23.9 Å². The third-order valence-electron chi connectivity index (χ3n) is 5.18. The van der Waals surface area contributed by atoms with Crippen LogP contribution in [0.4, 0.5) is 0 Å². The van der Waals surface area contributed by atoms with Crippen LogP contribution in [0.2, 0.25) is 5.02 Å². The van der Waals surface area contributed by atoms with Gasteiger partial charge in [0.25, 0.3) is 0 Å². The number of ether oxygens (including phenoxy) is 1. The molecule has 0 saturated carbocycles. The zero-order valence-corrected chi connectivity index (χ0v) is 17.1. The Balaban J connectivity index is 1.71. The molecule has 152 valence electrons. The van der Waals surface area contributed by atoms with Crippen LogP contribution in [-0.2, 0) is 4.74 Å². The number of nitrogens with zero attached hydrogens (tertiary/aromatic N) is 1. The number of aliphatic imine (C=N–C) groups is 1. The van der Waals surface area contributed by atoms with Crippen molar-refractivity contribution in [3.8, 4) is 5.75 Å². The zero-order valence-electron chi connectivity index (χ0n) is 16.4. The summed E-state index contributed by atoms with van der Waals surface area (Å²) < 4.78 is 4.77. The number of aromatic hydroxyl groups is 1. The summed E-state index contributed by atoms with van der Waals surface area (Å²) in [7, 11) is 1.36. The van der Waals surface area contributed by atoms with E-state index in [1.165, 1.54) is 7.11 Å². The first-order valence-corrected chi connectivity index (χ1v) is 9.98. The molecule has 0 bridgehead atoms. The largest absolute Gasteiger partial charge is 0.508 e. The van der Waals surface area contributed by atoms with Gasteiger partial charge in [0, 0.05) is 28.8 Å². The summed E-state index contributed by atoms with van der Waals surface area (Å²) >= 11 is 6.05. The minimum atomic E-state index is -0.379. The predicted octanol–water partition coefficient (Wildman–Crippen LogP) is 5.05. The molecule has 1 aliphatic heterocycles. The van der Waals surface area contributed by atoms with Crippen LogP contribution in [0.3, 0.4) is 0 Å². The van der Waals surface area contributed by atoms with Gasteiger partial charge in [-0.05, 0) is 41.5 Å². The van der Waals surface area contributed by atoms with Crippen LogP contribution >= 0.6 is 11.6 Å². The minimum Gasteiger partial charge on any atom is -0.508 e. The van der Waals surface area contributed by atoms with Gasteiger partial charge in [0.05, 0.1) is 12.7 Å². The van der Waals surface area contributed by atoms with Crippen molar-refractivity contribution in [2.24, 2.45) is 4.99 Å². The van der Waals surface area contributed by atoms with Crippen LogP contribution in [0.25, 0.3) is 0 Å². The Labute approximate surface area is 180 Å². The van der Waals surface area contributed by atoms with Gasteiger partial charge in [-0.3, -0.25) is 10.3 Å². The number of hydrogen-bond acceptors (Lipinski definition) is 5. The Kier molecular flexibility index (Phi) is 5.84. The summed E-state index contributed by atoms with van der Waals surface area (Å²) in [4.78, 5) is 16.7. The highest BCUT2D eigenvalue weighted by Gasteiger charge is 2.27. The van der Waals surface area contributed by atoms with Crippen LogP contribution < -0.4 is 5.32 Å². The first-order valence-electron chi connectivity index (χ1n) is 9.60. The Morgan fingerprint density at radius 3 is 2.43 bits per heavy atom. The summed E-state index contributed by atoms with van der Waals surface area (Å²) in [6.45, 7) is 0. The van der Waals surface area contributed by atoms with Gasteiger partial charge in [0.2, 0.25) is 0 Å². The molecule has 30 heavy (non-hydrogen) atoms. The van der Waals surface area contributed by atoms with Crippen LogP contribution in [0, 0.1) is 0 Å². The molecule has 0 amide bonds. The lowest BCUT2D eigenvalue weighted by molar-refractivity contribution is 0.0600. The normalized spacial score (nSPS) is 18.5. The number of halogens is 1. The summed E-state index contributed by atoms with van der Waals surface area (Å²) in [5.41, 5.74) is 4.11. The SMILES string of the molecule is COC(=O)c1ccc([C@@H]2N=C(c3ccc(Cl)cc3)C[C@H](c3ccccc3O)N2)cc1. The van der Waals surface area contributed by atoms with E-state index in [0.717, 1.165) is 22.4 Å². The maximum absolute atomic E-state index is 11.7. The second kappa shape index (κ2) is 8.69. The number of carbonyl (C=O) groups excluding carboxylic acids is 1. The Morgan fingerprint density at radius 1 is 1.07 bits per heavy atom. The third-order valence-corrected chi connectivity index (χ3v) is 5.43. The zero-order chi connectivity index (χ0) is 21.1. The van der Waals surface area contributed by atoms with E-state index < -0.39 is 0 Å². The molecule has 2 atom stereocenters. The number of carbonyl (C=O) groups is 1. The second-order valence-electron chi connectivity index (χ2n) is 7.08. The molecule has 2 N–H and O–H groups in total. The highest BCUT2D eigenvalue weighted by molar-refractivity contribution is 6.30. The average molecular weight is 421 g/mol. The maximum atomic E-state index is 11.7. The molecule has 4 rings (SSSR count). The monoisotopic (exact) mass is 420 g/mol. The number of benzene rings is 3. The quantitative estimate of drug-likeness (QED) is 0.579. The van der Waals surface area contributed by atoms with E-state index in [1.807, 2.05) is 48.5 Å². The number of para-hydroxylation sites is 1. The molecular weight excluding hydrogens is 400 g/mol. The van der Waals surface area contributed by atoms with Crippen LogP contribution in [0.15, 0.2) is 77.8 Å². The van der Waals surface area contributed by atoms with Gasteiger partial charge >= 0.3 is 5.97 Å². The van der Waals surface area contributed by atoms with Crippen molar-refractivity contribution in [3.63, 3.8) is 0 Å². The highest BCUT2D eigenvalue weighted by atomic mass is 35.5. The fraction of sp³-hybridized carbons (Fsp3) is 0.167. The molecule has 0 aliphatic carbocycles. The van der Waals surface area contributed by atoms with Gasteiger partial charge in [-0.25, -0.2) is 4.79 Å². The van der Waals surface area contributed by atoms with Gasteiger partial charge in [-0.15, -0.1) is 0 Å². The Hall–Kier alpha value is -3.15. The van der Waals surface area contributed by atoms with E-state index >= 15 is 0 Å². The number of phenols is 1. The molecule has 0 saturated heterocycles. The van der Waals surface area contributed by atoms with Crippen molar-refractivity contribution in [3.05, 3.63) is 100 Å². The van der Waals surface area contributed by atoms with Crippen LogP contribution in [0.5, 0.6) is 5.75 Å². The Morgan fingerprint density at radius 2 is 1.77 bits per heavy atom. The fourth-order valence-corrected chi connectivity index (χ4v) is 3.72. The standard InChI is InChI=1S/C24H21ClN2O3/c1-30-24(29)17-8-6-16(7-9-17)23-26-20(15-10-12-18(25)13-11-15)14-21(27-23)19-4-2-3-5-22(19)28/h2-13,21,23,27-28H,14H2,1H3/t21-,23-/m1/s1. The third kappa shape index (κ3) is 4.22.